The molecule has 0 N–H and O–H groups in total. The van der Waals surface area contributed by atoms with E-state index >= 15 is 0 Å². The molecule has 292 valence electrons. The maximum absolute atomic E-state index is 14.9. The van der Waals surface area contributed by atoms with Crippen LogP contribution in [-0.2, 0) is 9.53 Å². The third-order valence-corrected chi connectivity index (χ3v) is 5.65. The third-order valence-electron chi connectivity index (χ3n) is 5.65. The predicted octanol–water partition coefficient (Wildman–Crippen LogP) is 9.88. The molecule has 0 aromatic carbocycles. The van der Waals surface area contributed by atoms with Gasteiger partial charge in [0.25, 0.3) is 0 Å². The van der Waals surface area contributed by atoms with Crippen molar-refractivity contribution >= 4 is 5.97 Å². The molecule has 0 aliphatic heterocycles. The molecular formula is C18H5F29O2. The van der Waals surface area contributed by atoms with Gasteiger partial charge in [0.05, 0.1) is 0 Å². The summed E-state index contributed by atoms with van der Waals surface area (Å²) in [5, 5.41) is 0. The minimum Gasteiger partial charge on any atom is -0.413 e. The number of halogens is 29. The molecule has 0 heterocycles. The van der Waals surface area contributed by atoms with Gasteiger partial charge in [0.15, 0.2) is 0 Å². The smallest absolute Gasteiger partial charge is 0.413 e. The van der Waals surface area contributed by atoms with Crippen molar-refractivity contribution in [2.24, 2.45) is 0 Å². The molecule has 0 amide bonds. The van der Waals surface area contributed by atoms with Crippen LogP contribution in [0.1, 0.15) is 6.92 Å². The SMILES string of the molecule is C=C(C)C(=O)OC(F)(C(F)(F)C(F)(F)C(F)(F)C(F)(F)F)C(F)(F)C(F)(F)C(F)(F)C(F)(F)C(F)(F)C(F)(F)C(F)(F)C(F)(F)C(F)(F)F. The first kappa shape index (κ1) is 46.2. The van der Waals surface area contributed by atoms with E-state index in [9.17, 15) is 132 Å². The van der Waals surface area contributed by atoms with Gasteiger partial charge >= 0.3 is 89.3 Å². The summed E-state index contributed by atoms with van der Waals surface area (Å²) in [5.74, 6) is -118. The van der Waals surface area contributed by atoms with Gasteiger partial charge in [-0.15, -0.1) is 0 Å². The zero-order valence-corrected chi connectivity index (χ0v) is 21.5. The van der Waals surface area contributed by atoms with Crippen LogP contribution in [0.15, 0.2) is 12.2 Å². The summed E-state index contributed by atoms with van der Waals surface area (Å²) < 4.78 is 392. The predicted molar refractivity (Wildman–Crippen MR) is 91.3 cm³/mol. The summed E-state index contributed by atoms with van der Waals surface area (Å²) in [7, 11) is 0. The van der Waals surface area contributed by atoms with Crippen molar-refractivity contribution in [3.05, 3.63) is 12.2 Å². The second kappa shape index (κ2) is 11.3. The molecule has 0 aliphatic carbocycles. The fourth-order valence-electron chi connectivity index (χ4n) is 2.68. The maximum Gasteiger partial charge on any atom is 0.460 e. The van der Waals surface area contributed by atoms with Crippen molar-refractivity contribution in [1.29, 1.82) is 0 Å². The molecule has 2 nitrogen and oxygen atoms in total. The molecule has 0 spiro atoms. The summed E-state index contributed by atoms with van der Waals surface area (Å²) in [4.78, 5) is 11.2. The Morgan fingerprint density at radius 1 is 0.347 bits per heavy atom. The van der Waals surface area contributed by atoms with Crippen LogP contribution in [0.2, 0.25) is 0 Å². The molecule has 1 unspecified atom stereocenters. The minimum absolute atomic E-state index is 0.248. The highest BCUT2D eigenvalue weighted by molar-refractivity contribution is 5.87. The maximum atomic E-state index is 14.9. The van der Waals surface area contributed by atoms with E-state index < -0.39 is 94.9 Å². The zero-order valence-electron chi connectivity index (χ0n) is 21.5. The Bertz CT molecular complexity index is 1270. The van der Waals surface area contributed by atoms with Crippen LogP contribution in [0, 0.1) is 0 Å². The average Bonchev–Trinajstić information content (AvgIpc) is 2.85. The number of ether oxygens (including phenoxy) is 1. The second-order valence-corrected chi connectivity index (χ2v) is 9.08. The van der Waals surface area contributed by atoms with Gasteiger partial charge < -0.3 is 4.74 Å². The lowest BCUT2D eigenvalue weighted by molar-refractivity contribution is -0.496. The Kier molecular flexibility index (Phi) is 10.7. The largest absolute Gasteiger partial charge is 0.460 e. The molecule has 0 radical (unpaired) electrons. The lowest BCUT2D eigenvalue weighted by atomic mass is 9.83. The lowest BCUT2D eigenvalue weighted by Gasteiger charge is -2.47. The van der Waals surface area contributed by atoms with E-state index in [1.54, 1.807) is 0 Å². The summed E-state index contributed by atoms with van der Waals surface area (Å²) in [5.41, 5.74) is -2.17. The van der Waals surface area contributed by atoms with Gasteiger partial charge in [-0.3, -0.25) is 0 Å². The van der Waals surface area contributed by atoms with Crippen LogP contribution in [-0.4, -0.2) is 89.3 Å². The van der Waals surface area contributed by atoms with Gasteiger partial charge in [-0.25, -0.2) is 4.79 Å². The molecule has 0 rings (SSSR count). The minimum atomic E-state index is -9.97. The number of hydrogen-bond acceptors (Lipinski definition) is 2. The van der Waals surface area contributed by atoms with Crippen molar-refractivity contribution in [2.45, 2.75) is 90.3 Å². The number of hydrogen-bond donors (Lipinski definition) is 0. The Hall–Kier alpha value is -2.82. The van der Waals surface area contributed by atoms with E-state index in [0.717, 1.165) is 0 Å². The third kappa shape index (κ3) is 5.55. The molecule has 0 fully saturated rings. The van der Waals surface area contributed by atoms with Crippen LogP contribution < -0.4 is 0 Å². The van der Waals surface area contributed by atoms with E-state index in [1.807, 2.05) is 11.3 Å². The summed E-state index contributed by atoms with van der Waals surface area (Å²) in [6, 6.07) is 0. The number of alkyl halides is 29. The summed E-state index contributed by atoms with van der Waals surface area (Å²) in [6.45, 7) is 1.78. The van der Waals surface area contributed by atoms with E-state index in [4.69, 9.17) is 0 Å². The highest BCUT2D eigenvalue weighted by Crippen LogP contribution is 2.69. The van der Waals surface area contributed by atoms with Gasteiger partial charge in [0, 0.05) is 5.57 Å². The quantitative estimate of drug-likeness (QED) is 0.105. The van der Waals surface area contributed by atoms with Crippen LogP contribution >= 0.6 is 0 Å². The molecule has 0 aromatic heterocycles. The highest BCUT2D eigenvalue weighted by atomic mass is 19.4. The van der Waals surface area contributed by atoms with Crippen molar-refractivity contribution in [3.8, 4) is 0 Å². The average molecular weight is 804 g/mol. The number of rotatable bonds is 13. The Morgan fingerprint density at radius 2 is 0.510 bits per heavy atom. The van der Waals surface area contributed by atoms with Gasteiger partial charge in [0.2, 0.25) is 0 Å². The first-order valence-electron chi connectivity index (χ1n) is 10.4. The number of carbonyl (C=O) groups is 1. The number of carbonyl (C=O) groups excluding carboxylic acids is 1. The van der Waals surface area contributed by atoms with Crippen molar-refractivity contribution < 1.29 is 137 Å². The van der Waals surface area contributed by atoms with Crippen LogP contribution in [0.4, 0.5) is 127 Å². The standard InChI is InChI=1S/C18H5F29O2/c1-3(2)4(48)49-16(41,13(35,36)11(31,32)15(39,40)18(45,46)47)12(33,34)9(27,28)7(23,24)5(19,20)6(21,22)8(25,26)10(29,30)14(37,38)17(42,43)44/h1H2,2H3. The fraction of sp³-hybridized carbons (Fsp3) is 0.833. The molecule has 0 saturated heterocycles. The first-order chi connectivity index (χ1) is 20.6. The van der Waals surface area contributed by atoms with Gasteiger partial charge in [0.1, 0.15) is 0 Å². The molecule has 49 heavy (non-hydrogen) atoms. The molecule has 0 saturated carbocycles. The van der Waals surface area contributed by atoms with Gasteiger partial charge in [-0.1, -0.05) is 6.58 Å². The van der Waals surface area contributed by atoms with E-state index in [0.29, 0.717) is 0 Å². The van der Waals surface area contributed by atoms with E-state index in [1.165, 1.54) is 0 Å². The Labute approximate surface area is 246 Å². The molecule has 0 aliphatic rings. The summed E-state index contributed by atoms with van der Waals surface area (Å²) >= 11 is 0. The van der Waals surface area contributed by atoms with E-state index in [2.05, 4.69) is 0 Å². The Morgan fingerprint density at radius 3 is 0.694 bits per heavy atom. The Balaban J connectivity index is 8.10. The topological polar surface area (TPSA) is 26.3 Å². The molecule has 31 heteroatoms. The summed E-state index contributed by atoms with van der Waals surface area (Å²) in [6.07, 6.45) is -16.6. The monoisotopic (exact) mass is 804 g/mol. The highest BCUT2D eigenvalue weighted by Gasteiger charge is 3.01. The van der Waals surface area contributed by atoms with Crippen molar-refractivity contribution in [1.82, 2.24) is 0 Å². The van der Waals surface area contributed by atoms with Crippen LogP contribution in [0.3, 0.4) is 0 Å². The van der Waals surface area contributed by atoms with Gasteiger partial charge in [-0.2, -0.15) is 127 Å². The zero-order chi connectivity index (χ0) is 40.9. The van der Waals surface area contributed by atoms with Crippen LogP contribution in [0.5, 0.6) is 0 Å². The first-order valence-corrected chi connectivity index (χ1v) is 10.4. The van der Waals surface area contributed by atoms with E-state index in [-0.39, 0.29) is 6.92 Å². The molecule has 0 aromatic rings. The lowest BCUT2D eigenvalue weighted by Crippen LogP contribution is -2.80. The second-order valence-electron chi connectivity index (χ2n) is 9.08. The number of esters is 1. The molecule has 1 atom stereocenters. The van der Waals surface area contributed by atoms with Crippen molar-refractivity contribution in [2.75, 3.05) is 0 Å². The normalized spacial score (nSPS) is 17.5. The van der Waals surface area contributed by atoms with Gasteiger partial charge in [-0.05, 0) is 6.92 Å². The van der Waals surface area contributed by atoms with Crippen LogP contribution in [0.25, 0.3) is 0 Å². The van der Waals surface area contributed by atoms with Crippen molar-refractivity contribution in [3.63, 3.8) is 0 Å². The fourth-order valence-corrected chi connectivity index (χ4v) is 2.68. The molecule has 0 bridgehead atoms. The molecular weight excluding hydrogens is 799 g/mol.